The van der Waals surface area contributed by atoms with Crippen molar-refractivity contribution in [3.8, 4) is 5.75 Å². The molecule has 0 bridgehead atoms. The van der Waals surface area contributed by atoms with Crippen molar-refractivity contribution in [2.24, 2.45) is 0 Å². The Morgan fingerprint density at radius 3 is 2.89 bits per heavy atom. The second-order valence-electron chi connectivity index (χ2n) is 7.41. The molecule has 1 N–H and O–H groups in total. The first kappa shape index (κ1) is 18.5. The average molecular weight is 378 g/mol. The van der Waals surface area contributed by atoms with Crippen LogP contribution < -0.4 is 10.1 Å². The summed E-state index contributed by atoms with van der Waals surface area (Å²) in [5.74, 6) is 0.468. The van der Waals surface area contributed by atoms with E-state index in [1.807, 2.05) is 54.0 Å². The van der Waals surface area contributed by atoms with Gasteiger partial charge in [-0.1, -0.05) is 18.2 Å². The second kappa shape index (κ2) is 8.02. The van der Waals surface area contributed by atoms with Gasteiger partial charge in [-0.3, -0.25) is 4.79 Å². The van der Waals surface area contributed by atoms with Crippen LogP contribution >= 0.6 is 0 Å². The summed E-state index contributed by atoms with van der Waals surface area (Å²) in [6, 6.07) is 12.1. The molecule has 1 aliphatic rings. The maximum atomic E-state index is 12.6. The molecule has 2 aromatic heterocycles. The predicted molar refractivity (Wildman–Crippen MR) is 109 cm³/mol. The molecule has 0 saturated heterocycles. The Labute approximate surface area is 165 Å². The number of ether oxygens (including phenoxy) is 1. The summed E-state index contributed by atoms with van der Waals surface area (Å²) in [4.78, 5) is 19.5. The van der Waals surface area contributed by atoms with Crippen LogP contribution in [0.2, 0.25) is 0 Å². The minimum absolute atomic E-state index is 0.106. The van der Waals surface area contributed by atoms with Gasteiger partial charge in [0.2, 0.25) is 0 Å². The highest BCUT2D eigenvalue weighted by Gasteiger charge is 2.25. The number of amides is 1. The van der Waals surface area contributed by atoms with Gasteiger partial charge in [0.1, 0.15) is 18.0 Å². The Kier molecular flexibility index (Phi) is 5.30. The van der Waals surface area contributed by atoms with Crippen LogP contribution in [0.25, 0.3) is 5.65 Å². The van der Waals surface area contributed by atoms with E-state index in [0.29, 0.717) is 30.5 Å². The van der Waals surface area contributed by atoms with Gasteiger partial charge in [0, 0.05) is 31.5 Å². The lowest BCUT2D eigenvalue weighted by molar-refractivity contribution is 0.0945. The van der Waals surface area contributed by atoms with E-state index in [-0.39, 0.29) is 5.91 Å². The number of carbonyl (C=O) groups excluding carboxylic acids is 1. The van der Waals surface area contributed by atoms with E-state index in [9.17, 15) is 4.79 Å². The first-order valence-corrected chi connectivity index (χ1v) is 9.75. The number of nitrogens with zero attached hydrogens (tertiary/aromatic N) is 3. The van der Waals surface area contributed by atoms with Crippen LogP contribution in [0.15, 0.2) is 48.8 Å². The standard InChI is InChI=1S/C22H26N4O2/c1-16-6-5-12-26-14-17(24-21(16)26)15-28-20-8-4-3-7-19(20)22(27)23-11-13-25(2)18-9-10-18/h3-8,12,14,18H,9-11,13,15H2,1-2H3,(H,23,27). The summed E-state index contributed by atoms with van der Waals surface area (Å²) in [6.07, 6.45) is 6.46. The summed E-state index contributed by atoms with van der Waals surface area (Å²) in [7, 11) is 2.11. The van der Waals surface area contributed by atoms with Crippen LogP contribution in [0.5, 0.6) is 5.75 Å². The molecule has 28 heavy (non-hydrogen) atoms. The topological polar surface area (TPSA) is 58.9 Å². The SMILES string of the molecule is Cc1cccn2cc(COc3ccccc3C(=O)NCCN(C)C3CC3)nc12. The third kappa shape index (κ3) is 4.17. The quantitative estimate of drug-likeness (QED) is 0.655. The number of aryl methyl sites for hydroxylation is 1. The lowest BCUT2D eigenvalue weighted by Gasteiger charge is -2.16. The number of benzene rings is 1. The van der Waals surface area contributed by atoms with E-state index in [1.165, 1.54) is 12.8 Å². The lowest BCUT2D eigenvalue weighted by Crippen LogP contribution is -2.34. The van der Waals surface area contributed by atoms with Crippen LogP contribution in [-0.4, -0.2) is 46.4 Å². The van der Waals surface area contributed by atoms with E-state index in [4.69, 9.17) is 4.74 Å². The maximum absolute atomic E-state index is 12.6. The number of para-hydroxylation sites is 1. The van der Waals surface area contributed by atoms with Gasteiger partial charge >= 0.3 is 0 Å². The van der Waals surface area contributed by atoms with Crippen LogP contribution in [-0.2, 0) is 6.61 Å². The Bertz CT molecular complexity index is 978. The molecule has 0 atom stereocenters. The van der Waals surface area contributed by atoms with Crippen molar-refractivity contribution in [3.63, 3.8) is 0 Å². The van der Waals surface area contributed by atoms with Crippen molar-refractivity contribution >= 4 is 11.6 Å². The number of likely N-dealkylation sites (N-methyl/N-ethyl adjacent to an activating group) is 1. The smallest absolute Gasteiger partial charge is 0.255 e. The molecule has 0 unspecified atom stereocenters. The Morgan fingerprint density at radius 2 is 2.11 bits per heavy atom. The Balaban J connectivity index is 1.39. The fourth-order valence-electron chi connectivity index (χ4n) is 3.34. The monoisotopic (exact) mass is 378 g/mol. The fourth-order valence-corrected chi connectivity index (χ4v) is 3.34. The van der Waals surface area contributed by atoms with Gasteiger partial charge < -0.3 is 19.4 Å². The normalized spacial score (nSPS) is 13.8. The molecule has 0 radical (unpaired) electrons. The molecular weight excluding hydrogens is 352 g/mol. The molecule has 3 aromatic rings. The zero-order valence-electron chi connectivity index (χ0n) is 16.4. The van der Waals surface area contributed by atoms with Gasteiger partial charge in [-0.15, -0.1) is 0 Å². The fraction of sp³-hybridized carbons (Fsp3) is 0.364. The van der Waals surface area contributed by atoms with Crippen LogP contribution in [0, 0.1) is 6.92 Å². The lowest BCUT2D eigenvalue weighted by atomic mass is 10.2. The number of pyridine rings is 1. The number of imidazole rings is 1. The molecule has 1 aromatic carbocycles. The third-order valence-electron chi connectivity index (χ3n) is 5.16. The number of hydrogen-bond donors (Lipinski definition) is 1. The van der Waals surface area contributed by atoms with Crippen molar-refractivity contribution in [1.82, 2.24) is 19.6 Å². The van der Waals surface area contributed by atoms with Gasteiger partial charge in [0.15, 0.2) is 0 Å². The summed E-state index contributed by atoms with van der Waals surface area (Å²) in [5.41, 5.74) is 3.42. The summed E-state index contributed by atoms with van der Waals surface area (Å²) in [6.45, 7) is 3.84. The number of nitrogens with one attached hydrogen (secondary N) is 1. The number of fused-ring (bicyclic) bond motifs is 1. The molecule has 6 nitrogen and oxygen atoms in total. The minimum atomic E-state index is -0.106. The molecular formula is C22H26N4O2. The van der Waals surface area contributed by atoms with Gasteiger partial charge in [0.25, 0.3) is 5.91 Å². The maximum Gasteiger partial charge on any atom is 0.255 e. The number of aromatic nitrogens is 2. The van der Waals surface area contributed by atoms with Crippen molar-refractivity contribution < 1.29 is 9.53 Å². The molecule has 6 heteroatoms. The molecule has 1 saturated carbocycles. The zero-order valence-corrected chi connectivity index (χ0v) is 16.4. The largest absolute Gasteiger partial charge is 0.486 e. The van der Waals surface area contributed by atoms with Crippen LogP contribution in [0.1, 0.15) is 34.5 Å². The third-order valence-corrected chi connectivity index (χ3v) is 5.16. The Morgan fingerprint density at radius 1 is 1.29 bits per heavy atom. The zero-order chi connectivity index (χ0) is 19.5. The van der Waals surface area contributed by atoms with E-state index in [2.05, 4.69) is 22.2 Å². The van der Waals surface area contributed by atoms with Crippen molar-refractivity contribution in [2.45, 2.75) is 32.4 Å². The highest BCUT2D eigenvalue weighted by atomic mass is 16.5. The van der Waals surface area contributed by atoms with Crippen molar-refractivity contribution in [1.29, 1.82) is 0 Å². The van der Waals surface area contributed by atoms with E-state index >= 15 is 0 Å². The van der Waals surface area contributed by atoms with Gasteiger partial charge in [-0.2, -0.15) is 0 Å². The van der Waals surface area contributed by atoms with Gasteiger partial charge in [-0.25, -0.2) is 4.98 Å². The molecule has 4 rings (SSSR count). The molecule has 1 amide bonds. The number of rotatable bonds is 8. The highest BCUT2D eigenvalue weighted by molar-refractivity contribution is 5.96. The summed E-state index contributed by atoms with van der Waals surface area (Å²) < 4.78 is 7.93. The van der Waals surface area contributed by atoms with Gasteiger partial charge in [-0.05, 0) is 50.6 Å². The van der Waals surface area contributed by atoms with Gasteiger partial charge in [0.05, 0.1) is 11.3 Å². The van der Waals surface area contributed by atoms with Crippen molar-refractivity contribution in [2.75, 3.05) is 20.1 Å². The molecule has 1 fully saturated rings. The predicted octanol–water partition coefficient (Wildman–Crippen LogP) is 3.05. The molecule has 2 heterocycles. The van der Waals surface area contributed by atoms with E-state index < -0.39 is 0 Å². The van der Waals surface area contributed by atoms with Crippen LogP contribution in [0.3, 0.4) is 0 Å². The first-order valence-electron chi connectivity index (χ1n) is 9.75. The van der Waals surface area contributed by atoms with Crippen molar-refractivity contribution in [3.05, 3.63) is 65.6 Å². The summed E-state index contributed by atoms with van der Waals surface area (Å²) >= 11 is 0. The number of hydrogen-bond acceptors (Lipinski definition) is 4. The first-order chi connectivity index (χ1) is 13.6. The second-order valence-corrected chi connectivity index (χ2v) is 7.41. The molecule has 0 spiro atoms. The minimum Gasteiger partial charge on any atom is -0.486 e. The highest BCUT2D eigenvalue weighted by Crippen LogP contribution is 2.24. The molecule has 146 valence electrons. The van der Waals surface area contributed by atoms with Crippen LogP contribution in [0.4, 0.5) is 0 Å². The molecule has 0 aliphatic heterocycles. The van der Waals surface area contributed by atoms with E-state index in [1.54, 1.807) is 6.07 Å². The molecule has 1 aliphatic carbocycles. The number of carbonyl (C=O) groups is 1. The average Bonchev–Trinajstić information content (AvgIpc) is 3.46. The Hall–Kier alpha value is -2.86. The van der Waals surface area contributed by atoms with E-state index in [0.717, 1.165) is 23.4 Å². The summed E-state index contributed by atoms with van der Waals surface area (Å²) in [5, 5.41) is 3.00.